The van der Waals surface area contributed by atoms with Gasteiger partial charge in [0.2, 0.25) is 0 Å². The first kappa shape index (κ1) is 45.7. The van der Waals surface area contributed by atoms with E-state index in [0.717, 1.165) is 51.2 Å². The molecule has 13 aromatic rings. The lowest BCUT2D eigenvalue weighted by Gasteiger charge is -2.27. The summed E-state index contributed by atoms with van der Waals surface area (Å²) in [5, 5.41) is 7.41. The Labute approximate surface area is 445 Å². The molecule has 2 aromatic heterocycles. The Bertz CT molecular complexity index is 4210. The lowest BCUT2D eigenvalue weighted by atomic mass is 9.60. The molecule has 10 heteroatoms. The van der Waals surface area contributed by atoms with E-state index in [1.807, 2.05) is 22.7 Å². The number of benzene rings is 11. The van der Waals surface area contributed by atoms with Gasteiger partial charge in [-0.05, 0) is 155 Å². The summed E-state index contributed by atoms with van der Waals surface area (Å²) in [6.07, 6.45) is 0. The molecule has 0 bridgehead atoms. The molecule has 0 atom stereocenters. The first-order valence-corrected chi connectivity index (χ1v) is 27.0. The van der Waals surface area contributed by atoms with Crippen LogP contribution in [0, 0.1) is 0 Å². The maximum Gasteiger partial charge on any atom is 0.139 e. The fourth-order valence-electron chi connectivity index (χ4n) is 11.2. The summed E-state index contributed by atoms with van der Waals surface area (Å²) in [5.74, 6) is 0. The second-order valence-corrected chi connectivity index (χ2v) is 21.7. The Morgan fingerprint density at radius 3 is 0.946 bits per heavy atom. The summed E-state index contributed by atoms with van der Waals surface area (Å²) in [7, 11) is 11.3. The first-order valence-electron chi connectivity index (χ1n) is 25.4. The number of nitrogens with zero attached hydrogens (tertiary/aromatic N) is 3. The number of para-hydroxylation sites is 3. The predicted molar refractivity (Wildman–Crippen MR) is 340 cm³/mol. The average molecular weight is 977 g/mol. The predicted octanol–water partition coefficient (Wildman–Crippen LogP) is 10.9. The van der Waals surface area contributed by atoms with Gasteiger partial charge in [-0.2, -0.15) is 0 Å². The number of anilines is 9. The summed E-state index contributed by atoms with van der Waals surface area (Å²) in [5.41, 5.74) is 19.5. The molecule has 3 nitrogen and oxygen atoms in total. The van der Waals surface area contributed by atoms with Gasteiger partial charge in [0.15, 0.2) is 0 Å². The van der Waals surface area contributed by atoms with Gasteiger partial charge in [0.1, 0.15) is 39.2 Å². The molecule has 2 heterocycles. The van der Waals surface area contributed by atoms with E-state index in [1.54, 1.807) is 0 Å². The number of rotatable bonds is 10. The Balaban J connectivity index is 0.977. The monoisotopic (exact) mass is 977 g/mol. The minimum atomic E-state index is 1.11. The molecule has 0 saturated heterocycles. The number of hydrogen-bond acceptors (Lipinski definition) is 5. The third kappa shape index (κ3) is 7.97. The molecule has 0 aliphatic carbocycles. The van der Waals surface area contributed by atoms with Crippen molar-refractivity contribution in [2.75, 3.05) is 14.7 Å². The fraction of sp³-hybridized carbons (Fsp3) is 0. The molecule has 74 heavy (non-hydrogen) atoms. The van der Waals surface area contributed by atoms with Crippen LogP contribution in [0.2, 0.25) is 0 Å². The molecular weight excluding hydrogens is 929 g/mol. The Kier molecular flexibility index (Phi) is 11.6. The summed E-state index contributed by atoms with van der Waals surface area (Å²) in [4.78, 5) is 7.20. The molecule has 346 valence electrons. The summed E-state index contributed by atoms with van der Waals surface area (Å²) >= 11 is 3.71. The van der Waals surface area contributed by atoms with Crippen LogP contribution < -0.4 is 42.0 Å². The zero-order valence-corrected chi connectivity index (χ0v) is 43.7. The standard InChI is InChI=1S/C64H48B5N3S2/c65-60-59(61(66)63(68)64(69)62(60)67)40-21-23-45(24-22-40)72(49-28-32-57-53(37-49)51-35-47(26-30-55(51)73-57)70(42-14-4-1-5-15-42)43-16-6-2-7-17-43)50-29-33-58-54(38-50)52-36-48(27-31-56(52)74-58)71(44-18-8-3-9-19-44)46-25-20-39-12-10-11-13-41(39)34-46/h1-38H,65-69H2. The highest BCUT2D eigenvalue weighted by atomic mass is 32.1. The van der Waals surface area contributed by atoms with Crippen molar-refractivity contribution in [2.24, 2.45) is 0 Å². The van der Waals surface area contributed by atoms with E-state index >= 15 is 0 Å². The van der Waals surface area contributed by atoms with Gasteiger partial charge >= 0.3 is 0 Å². The summed E-state index contributed by atoms with van der Waals surface area (Å²) < 4.78 is 5.05. The average Bonchev–Trinajstić information content (AvgIpc) is 4.00. The van der Waals surface area contributed by atoms with Crippen LogP contribution in [-0.4, -0.2) is 39.2 Å². The van der Waals surface area contributed by atoms with E-state index in [4.69, 9.17) is 0 Å². The lowest BCUT2D eigenvalue weighted by molar-refractivity contribution is 1.29. The van der Waals surface area contributed by atoms with Crippen LogP contribution in [0.4, 0.5) is 51.2 Å². The van der Waals surface area contributed by atoms with Crippen molar-refractivity contribution in [3.05, 3.63) is 231 Å². The SMILES string of the molecule is Bc1c(B)c(B)c(-c2ccc(N(c3ccc4sc5ccc(N(c6ccccc6)c6ccccc6)cc5c4c3)c3ccc4sc5ccc(N(c6ccccc6)c6ccc7ccccc7c6)cc5c4c3)cc2)c(B)c1B. The van der Waals surface area contributed by atoms with E-state index in [9.17, 15) is 0 Å². The Morgan fingerprint density at radius 2 is 0.541 bits per heavy atom. The number of fused-ring (bicyclic) bond motifs is 7. The maximum absolute atomic E-state index is 2.46. The van der Waals surface area contributed by atoms with Gasteiger partial charge in [-0.1, -0.05) is 108 Å². The molecule has 0 radical (unpaired) electrons. The third-order valence-electron chi connectivity index (χ3n) is 15.4. The van der Waals surface area contributed by atoms with Gasteiger partial charge < -0.3 is 14.7 Å². The van der Waals surface area contributed by atoms with Gasteiger partial charge in [0.05, 0.1) is 0 Å². The largest absolute Gasteiger partial charge is 0.310 e. The Hall–Kier alpha value is -8.16. The molecule has 0 fully saturated rings. The lowest BCUT2D eigenvalue weighted by Crippen LogP contribution is -2.55. The van der Waals surface area contributed by atoms with Crippen LogP contribution in [-0.2, 0) is 0 Å². The molecular formula is C64H48B5N3S2. The van der Waals surface area contributed by atoms with Crippen molar-refractivity contribution in [1.82, 2.24) is 0 Å². The van der Waals surface area contributed by atoms with Gasteiger partial charge in [-0.25, -0.2) is 0 Å². The highest BCUT2D eigenvalue weighted by Crippen LogP contribution is 2.47. The second-order valence-electron chi connectivity index (χ2n) is 19.5. The normalized spacial score (nSPS) is 11.5. The van der Waals surface area contributed by atoms with Crippen LogP contribution in [0.3, 0.4) is 0 Å². The van der Waals surface area contributed by atoms with Gasteiger partial charge in [-0.15, -0.1) is 39.1 Å². The van der Waals surface area contributed by atoms with Crippen molar-refractivity contribution < 1.29 is 0 Å². The van der Waals surface area contributed by atoms with Crippen molar-refractivity contribution in [3.63, 3.8) is 0 Å². The van der Waals surface area contributed by atoms with Crippen LogP contribution in [0.15, 0.2) is 231 Å². The highest BCUT2D eigenvalue weighted by molar-refractivity contribution is 7.26. The molecule has 0 unspecified atom stereocenters. The van der Waals surface area contributed by atoms with E-state index in [-0.39, 0.29) is 0 Å². The van der Waals surface area contributed by atoms with E-state index in [1.165, 1.54) is 89.6 Å². The van der Waals surface area contributed by atoms with Crippen molar-refractivity contribution >= 4 is 192 Å². The van der Waals surface area contributed by atoms with E-state index in [2.05, 4.69) is 284 Å². The van der Waals surface area contributed by atoms with Crippen molar-refractivity contribution in [3.8, 4) is 11.1 Å². The fourth-order valence-corrected chi connectivity index (χ4v) is 13.3. The molecule has 13 rings (SSSR count). The van der Waals surface area contributed by atoms with E-state index in [0.29, 0.717) is 0 Å². The quantitative estimate of drug-likeness (QED) is 0.126. The van der Waals surface area contributed by atoms with Gasteiger partial charge in [-0.3, -0.25) is 0 Å². The van der Waals surface area contributed by atoms with Crippen LogP contribution in [0.1, 0.15) is 0 Å². The molecule has 0 aliphatic heterocycles. The Morgan fingerprint density at radius 1 is 0.243 bits per heavy atom. The van der Waals surface area contributed by atoms with Crippen molar-refractivity contribution in [1.29, 1.82) is 0 Å². The minimum absolute atomic E-state index is 1.11. The summed E-state index contributed by atoms with van der Waals surface area (Å²) in [6.45, 7) is 0. The zero-order chi connectivity index (χ0) is 50.0. The van der Waals surface area contributed by atoms with Gasteiger partial charge in [0.25, 0.3) is 0 Å². The topological polar surface area (TPSA) is 9.72 Å². The van der Waals surface area contributed by atoms with E-state index < -0.39 is 0 Å². The highest BCUT2D eigenvalue weighted by Gasteiger charge is 2.21. The summed E-state index contributed by atoms with van der Waals surface area (Å²) in [6, 6.07) is 84.8. The zero-order valence-electron chi connectivity index (χ0n) is 42.1. The number of hydrogen-bond donors (Lipinski definition) is 0. The van der Waals surface area contributed by atoms with Crippen molar-refractivity contribution in [2.45, 2.75) is 0 Å². The molecule has 0 amide bonds. The minimum Gasteiger partial charge on any atom is -0.310 e. The smallest absolute Gasteiger partial charge is 0.139 e. The molecule has 0 N–H and O–H groups in total. The second kappa shape index (κ2) is 18.7. The van der Waals surface area contributed by atoms with Crippen LogP contribution in [0.5, 0.6) is 0 Å². The first-order chi connectivity index (χ1) is 36.3. The molecule has 0 saturated carbocycles. The molecule has 0 spiro atoms. The maximum atomic E-state index is 2.46. The van der Waals surface area contributed by atoms with Crippen LogP contribution >= 0.6 is 22.7 Å². The third-order valence-corrected chi connectivity index (χ3v) is 17.7. The van der Waals surface area contributed by atoms with Crippen LogP contribution in [0.25, 0.3) is 62.2 Å². The van der Waals surface area contributed by atoms with Gasteiger partial charge in [0, 0.05) is 91.5 Å². The molecule has 0 aliphatic rings. The number of thiophene rings is 2. The molecule has 11 aromatic carbocycles.